The van der Waals surface area contributed by atoms with Gasteiger partial charge in [0.15, 0.2) is 5.78 Å². The molecule has 28 heavy (non-hydrogen) atoms. The van der Waals surface area contributed by atoms with Crippen LogP contribution >= 0.6 is 11.3 Å². The Hall–Kier alpha value is -3.00. The Bertz CT molecular complexity index is 1310. The highest BCUT2D eigenvalue weighted by Gasteiger charge is 2.20. The summed E-state index contributed by atoms with van der Waals surface area (Å²) in [7, 11) is 0. The number of ketones is 1. The van der Waals surface area contributed by atoms with Gasteiger partial charge >= 0.3 is 5.69 Å². The second-order valence-corrected chi connectivity index (χ2v) is 8.23. The van der Waals surface area contributed by atoms with Crippen LogP contribution in [0.25, 0.3) is 16.0 Å². The Morgan fingerprint density at radius 2 is 1.86 bits per heavy atom. The quantitative estimate of drug-likeness (QED) is 0.486. The first-order valence-electron chi connectivity index (χ1n) is 9.06. The van der Waals surface area contributed by atoms with Crippen molar-refractivity contribution in [2.45, 2.75) is 33.9 Å². The maximum absolute atomic E-state index is 13.0. The number of carbonyl (C=O) groups is 1. The number of rotatable bonds is 5. The first kappa shape index (κ1) is 18.4. The number of aryl methyl sites for hydroxylation is 1. The fourth-order valence-electron chi connectivity index (χ4n) is 3.23. The Morgan fingerprint density at radius 1 is 1.14 bits per heavy atom. The van der Waals surface area contributed by atoms with Gasteiger partial charge in [0.1, 0.15) is 11.2 Å². The van der Waals surface area contributed by atoms with E-state index in [4.69, 9.17) is 0 Å². The molecule has 0 N–H and O–H groups in total. The lowest BCUT2D eigenvalue weighted by molar-refractivity contribution is 0.0966. The summed E-state index contributed by atoms with van der Waals surface area (Å²) >= 11 is 1.30. The van der Waals surface area contributed by atoms with E-state index in [0.29, 0.717) is 22.3 Å². The van der Waals surface area contributed by atoms with Crippen LogP contribution in [0.3, 0.4) is 0 Å². The van der Waals surface area contributed by atoms with Gasteiger partial charge in [0.2, 0.25) is 5.78 Å². The van der Waals surface area contributed by atoms with Gasteiger partial charge in [-0.05, 0) is 24.3 Å². The second kappa shape index (κ2) is 6.87. The third-order valence-electron chi connectivity index (χ3n) is 4.60. The van der Waals surface area contributed by atoms with Crippen molar-refractivity contribution in [1.82, 2.24) is 18.7 Å². The zero-order chi connectivity index (χ0) is 20.0. The fourth-order valence-corrected chi connectivity index (χ4v) is 4.06. The Kier molecular flexibility index (Phi) is 4.50. The molecule has 0 fully saturated rings. The van der Waals surface area contributed by atoms with Gasteiger partial charge < -0.3 is 0 Å². The number of hydrogen-bond acceptors (Lipinski definition) is 5. The molecule has 0 saturated heterocycles. The van der Waals surface area contributed by atoms with Crippen LogP contribution in [0.2, 0.25) is 0 Å². The molecule has 0 unspecified atom stereocenters. The van der Waals surface area contributed by atoms with Crippen LogP contribution in [0.5, 0.6) is 0 Å². The molecule has 0 spiro atoms. The molecule has 1 aromatic carbocycles. The van der Waals surface area contributed by atoms with E-state index in [1.54, 1.807) is 23.6 Å². The number of benzene rings is 1. The zero-order valence-corrected chi connectivity index (χ0v) is 16.7. The minimum absolute atomic E-state index is 0.159. The average Bonchev–Trinajstić information content (AvgIpc) is 3.24. The lowest BCUT2D eigenvalue weighted by atomic mass is 10.1. The average molecular weight is 396 g/mol. The van der Waals surface area contributed by atoms with Crippen molar-refractivity contribution >= 4 is 33.1 Å². The Morgan fingerprint density at radius 3 is 2.54 bits per heavy atom. The number of hydrogen-bond donors (Lipinski definition) is 0. The van der Waals surface area contributed by atoms with Gasteiger partial charge in [-0.3, -0.25) is 14.2 Å². The maximum Gasteiger partial charge on any atom is 0.352 e. The summed E-state index contributed by atoms with van der Waals surface area (Å²) in [6.45, 7) is 6.21. The SMILES string of the molecule is Cc1ccc(C(=O)Cn2nc3n(CC(C)C)c(=O)c4sccc4n3c2=O)cc1. The first-order chi connectivity index (χ1) is 13.4. The molecule has 0 atom stereocenters. The molecule has 0 saturated carbocycles. The van der Waals surface area contributed by atoms with Gasteiger partial charge in [-0.25, -0.2) is 13.9 Å². The summed E-state index contributed by atoms with van der Waals surface area (Å²) in [6.07, 6.45) is 0. The van der Waals surface area contributed by atoms with E-state index in [1.807, 2.05) is 32.9 Å². The van der Waals surface area contributed by atoms with Crippen LogP contribution < -0.4 is 11.2 Å². The van der Waals surface area contributed by atoms with Gasteiger partial charge in [-0.15, -0.1) is 16.4 Å². The highest BCUT2D eigenvalue weighted by atomic mass is 32.1. The van der Waals surface area contributed by atoms with Crippen LogP contribution in [0.4, 0.5) is 0 Å². The number of Topliss-reactive ketones (excluding diaryl/α,β-unsaturated/α-hetero) is 1. The molecule has 4 aromatic rings. The normalized spacial score (nSPS) is 11.7. The largest absolute Gasteiger partial charge is 0.352 e. The molecule has 3 aromatic heterocycles. The number of thiophene rings is 1. The lowest BCUT2D eigenvalue weighted by Crippen LogP contribution is -2.27. The topological polar surface area (TPSA) is 78.4 Å². The van der Waals surface area contributed by atoms with Crippen molar-refractivity contribution in [3.05, 3.63) is 67.7 Å². The highest BCUT2D eigenvalue weighted by Crippen LogP contribution is 2.18. The van der Waals surface area contributed by atoms with Gasteiger partial charge in [-0.2, -0.15) is 0 Å². The minimum atomic E-state index is -0.420. The van der Waals surface area contributed by atoms with Crippen molar-refractivity contribution in [2.75, 3.05) is 0 Å². The summed E-state index contributed by atoms with van der Waals surface area (Å²) in [4.78, 5) is 38.5. The summed E-state index contributed by atoms with van der Waals surface area (Å²) < 4.78 is 4.61. The van der Waals surface area contributed by atoms with Gasteiger partial charge in [-0.1, -0.05) is 43.7 Å². The van der Waals surface area contributed by atoms with Crippen LogP contribution in [0.15, 0.2) is 45.3 Å². The molecule has 4 rings (SSSR count). The molecule has 8 heteroatoms. The summed E-state index contributed by atoms with van der Waals surface area (Å²) in [5.74, 6) is 0.268. The standard InChI is InChI=1S/C20H20N4O3S/c1-12(2)10-22-18(26)17-15(8-9-28-17)24-19(22)21-23(20(24)27)11-16(25)14-6-4-13(3)5-7-14/h4-9,12H,10-11H2,1-3H3. The molecule has 3 heterocycles. The summed E-state index contributed by atoms with van der Waals surface area (Å²) in [6, 6.07) is 8.93. The van der Waals surface area contributed by atoms with Crippen LogP contribution in [-0.4, -0.2) is 24.5 Å². The molecular weight excluding hydrogens is 376 g/mol. The van der Waals surface area contributed by atoms with E-state index in [1.165, 1.54) is 20.3 Å². The predicted molar refractivity (Wildman–Crippen MR) is 109 cm³/mol. The number of fused-ring (bicyclic) bond motifs is 3. The van der Waals surface area contributed by atoms with Gasteiger partial charge in [0.05, 0.1) is 5.52 Å². The van der Waals surface area contributed by atoms with Crippen LogP contribution in [-0.2, 0) is 13.1 Å². The van der Waals surface area contributed by atoms with Crippen molar-refractivity contribution < 1.29 is 4.79 Å². The number of aromatic nitrogens is 4. The van der Waals surface area contributed by atoms with E-state index < -0.39 is 5.69 Å². The summed E-state index contributed by atoms with van der Waals surface area (Å²) in [5.41, 5.74) is 1.53. The third-order valence-corrected chi connectivity index (χ3v) is 5.49. The molecule has 0 amide bonds. The minimum Gasteiger partial charge on any atom is -0.292 e. The molecule has 7 nitrogen and oxygen atoms in total. The molecular formula is C20H20N4O3S. The Balaban J connectivity index is 1.88. The van der Waals surface area contributed by atoms with E-state index in [9.17, 15) is 14.4 Å². The van der Waals surface area contributed by atoms with E-state index >= 15 is 0 Å². The van der Waals surface area contributed by atoms with Crippen LogP contribution in [0.1, 0.15) is 29.8 Å². The van der Waals surface area contributed by atoms with E-state index in [-0.39, 0.29) is 29.6 Å². The summed E-state index contributed by atoms with van der Waals surface area (Å²) in [5, 5.41) is 6.14. The third kappa shape index (κ3) is 2.99. The lowest BCUT2D eigenvalue weighted by Gasteiger charge is -2.09. The number of nitrogens with zero attached hydrogens (tertiary/aromatic N) is 4. The zero-order valence-electron chi connectivity index (χ0n) is 15.9. The Labute approximate surface area is 164 Å². The smallest absolute Gasteiger partial charge is 0.292 e. The van der Waals surface area contributed by atoms with Gasteiger partial charge in [0, 0.05) is 12.1 Å². The molecule has 144 valence electrons. The highest BCUT2D eigenvalue weighted by molar-refractivity contribution is 7.17. The van der Waals surface area contributed by atoms with Gasteiger partial charge in [0.25, 0.3) is 5.56 Å². The van der Waals surface area contributed by atoms with Crippen molar-refractivity contribution in [2.24, 2.45) is 5.92 Å². The first-order valence-corrected chi connectivity index (χ1v) is 9.94. The fraction of sp³-hybridized carbons (Fsp3) is 0.300. The van der Waals surface area contributed by atoms with Crippen molar-refractivity contribution in [3.63, 3.8) is 0 Å². The second-order valence-electron chi connectivity index (χ2n) is 7.31. The molecule has 0 aliphatic rings. The molecule has 0 aliphatic carbocycles. The van der Waals surface area contributed by atoms with E-state index in [0.717, 1.165) is 10.2 Å². The van der Waals surface area contributed by atoms with Crippen molar-refractivity contribution in [1.29, 1.82) is 0 Å². The van der Waals surface area contributed by atoms with E-state index in [2.05, 4.69) is 5.10 Å². The molecule has 0 bridgehead atoms. The molecule has 0 radical (unpaired) electrons. The maximum atomic E-state index is 13.0. The number of carbonyl (C=O) groups excluding carboxylic acids is 1. The predicted octanol–water partition coefficient (Wildman–Crippen LogP) is 2.72. The molecule has 0 aliphatic heterocycles. The van der Waals surface area contributed by atoms with Crippen molar-refractivity contribution in [3.8, 4) is 0 Å². The van der Waals surface area contributed by atoms with Crippen LogP contribution in [0, 0.1) is 12.8 Å². The monoisotopic (exact) mass is 396 g/mol.